The summed E-state index contributed by atoms with van der Waals surface area (Å²) in [6.07, 6.45) is 1.89. The number of piperidine rings is 1. The third-order valence-electron chi connectivity index (χ3n) is 6.34. The van der Waals surface area contributed by atoms with Gasteiger partial charge >= 0.3 is 0 Å². The maximum absolute atomic E-state index is 13.6. The molecule has 0 N–H and O–H groups in total. The van der Waals surface area contributed by atoms with Crippen molar-refractivity contribution < 1.29 is 14.5 Å². The molecule has 1 saturated heterocycles. The molecule has 7 heteroatoms. The van der Waals surface area contributed by atoms with Crippen LogP contribution in [0.15, 0.2) is 48.2 Å². The second-order valence-corrected chi connectivity index (χ2v) is 8.36. The number of likely N-dealkylation sites (tertiary alicyclic amines) is 1. The van der Waals surface area contributed by atoms with E-state index in [4.69, 9.17) is 0 Å². The molecule has 0 aromatic heterocycles. The standard InChI is InChI=1S/C24H25N3O4/c1-15-11-13-25(14-12-15)22-21(18-7-9-19(10-8-18)27(30)31)23(28)26(24(22)29)20-6-4-5-16(2)17(20)3/h4-10,15H,11-14H2,1-3H3. The molecule has 2 aromatic rings. The highest BCUT2D eigenvalue weighted by Gasteiger charge is 2.43. The lowest BCUT2D eigenvalue weighted by Gasteiger charge is -2.32. The van der Waals surface area contributed by atoms with E-state index >= 15 is 0 Å². The molecule has 0 radical (unpaired) electrons. The normalized spacial score (nSPS) is 17.6. The highest BCUT2D eigenvalue weighted by molar-refractivity contribution is 6.45. The summed E-state index contributed by atoms with van der Waals surface area (Å²) >= 11 is 0. The van der Waals surface area contributed by atoms with Crippen molar-refractivity contribution in [1.29, 1.82) is 0 Å². The Bertz CT molecular complexity index is 1100. The van der Waals surface area contributed by atoms with Crippen LogP contribution in [0, 0.1) is 29.9 Å². The molecule has 0 spiro atoms. The molecule has 0 atom stereocenters. The number of hydrogen-bond acceptors (Lipinski definition) is 5. The van der Waals surface area contributed by atoms with Crippen molar-refractivity contribution in [2.45, 2.75) is 33.6 Å². The van der Waals surface area contributed by atoms with Gasteiger partial charge in [-0.25, -0.2) is 4.90 Å². The predicted octanol–water partition coefficient (Wildman–Crippen LogP) is 4.23. The fraction of sp³-hybridized carbons (Fsp3) is 0.333. The molecule has 160 valence electrons. The van der Waals surface area contributed by atoms with Gasteiger partial charge in [0.15, 0.2) is 0 Å². The van der Waals surface area contributed by atoms with Gasteiger partial charge in [-0.2, -0.15) is 0 Å². The highest BCUT2D eigenvalue weighted by Crippen LogP contribution is 2.38. The number of nitro groups is 1. The lowest BCUT2D eigenvalue weighted by molar-refractivity contribution is -0.384. The summed E-state index contributed by atoms with van der Waals surface area (Å²) in [5.41, 5.74) is 3.62. The molecule has 2 amide bonds. The summed E-state index contributed by atoms with van der Waals surface area (Å²) in [4.78, 5) is 41.1. The van der Waals surface area contributed by atoms with Crippen LogP contribution in [0.5, 0.6) is 0 Å². The van der Waals surface area contributed by atoms with E-state index in [-0.39, 0.29) is 17.5 Å². The molecule has 1 fully saturated rings. The number of amides is 2. The van der Waals surface area contributed by atoms with Gasteiger partial charge in [-0.3, -0.25) is 19.7 Å². The molecule has 0 saturated carbocycles. The number of rotatable bonds is 4. The van der Waals surface area contributed by atoms with Crippen molar-refractivity contribution in [2.24, 2.45) is 5.92 Å². The van der Waals surface area contributed by atoms with Crippen LogP contribution in [-0.2, 0) is 9.59 Å². The van der Waals surface area contributed by atoms with Crippen LogP contribution in [0.4, 0.5) is 11.4 Å². The first kappa shape index (κ1) is 20.8. The van der Waals surface area contributed by atoms with Gasteiger partial charge in [0.05, 0.1) is 16.2 Å². The molecule has 7 nitrogen and oxygen atoms in total. The summed E-state index contributed by atoms with van der Waals surface area (Å²) in [7, 11) is 0. The van der Waals surface area contributed by atoms with Crippen molar-refractivity contribution in [2.75, 3.05) is 18.0 Å². The highest BCUT2D eigenvalue weighted by atomic mass is 16.6. The number of non-ortho nitro benzene ring substituents is 1. The van der Waals surface area contributed by atoms with E-state index in [0.717, 1.165) is 24.0 Å². The van der Waals surface area contributed by atoms with Gasteiger partial charge in [-0.05, 0) is 67.5 Å². The first-order valence-electron chi connectivity index (χ1n) is 10.5. The van der Waals surface area contributed by atoms with E-state index < -0.39 is 4.92 Å². The Morgan fingerprint density at radius 3 is 2.23 bits per heavy atom. The Kier molecular flexibility index (Phi) is 5.35. The summed E-state index contributed by atoms with van der Waals surface area (Å²) in [6.45, 7) is 7.44. The van der Waals surface area contributed by atoms with E-state index in [9.17, 15) is 19.7 Å². The van der Waals surface area contributed by atoms with Gasteiger partial charge < -0.3 is 4.90 Å². The Morgan fingerprint density at radius 2 is 1.61 bits per heavy atom. The fourth-order valence-corrected chi connectivity index (χ4v) is 4.25. The van der Waals surface area contributed by atoms with Crippen molar-refractivity contribution in [1.82, 2.24) is 4.90 Å². The molecule has 2 aliphatic rings. The SMILES string of the molecule is Cc1cccc(N2C(=O)C(c3ccc([N+](=O)[O-])cc3)=C(N3CCC(C)CC3)C2=O)c1C. The lowest BCUT2D eigenvalue weighted by Crippen LogP contribution is -2.38. The summed E-state index contributed by atoms with van der Waals surface area (Å²) in [5.74, 6) is -0.148. The monoisotopic (exact) mass is 419 g/mol. The van der Waals surface area contributed by atoms with Crippen LogP contribution in [-0.4, -0.2) is 34.7 Å². The molecule has 4 rings (SSSR count). The molecular formula is C24H25N3O4. The zero-order valence-electron chi connectivity index (χ0n) is 17.9. The van der Waals surface area contributed by atoms with Crippen LogP contribution in [0.1, 0.15) is 36.5 Å². The third-order valence-corrected chi connectivity index (χ3v) is 6.34. The van der Waals surface area contributed by atoms with Crippen LogP contribution in [0.25, 0.3) is 5.57 Å². The lowest BCUT2D eigenvalue weighted by atomic mass is 9.97. The summed E-state index contributed by atoms with van der Waals surface area (Å²) < 4.78 is 0. The number of nitrogens with zero attached hydrogens (tertiary/aromatic N) is 3. The molecule has 2 aliphatic heterocycles. The molecule has 31 heavy (non-hydrogen) atoms. The molecule has 0 aliphatic carbocycles. The Hall–Kier alpha value is -3.48. The minimum absolute atomic E-state index is 0.0548. The minimum Gasteiger partial charge on any atom is -0.366 e. The van der Waals surface area contributed by atoms with E-state index in [1.54, 1.807) is 18.2 Å². The van der Waals surface area contributed by atoms with E-state index in [0.29, 0.717) is 41.5 Å². The van der Waals surface area contributed by atoms with Crippen LogP contribution in [0.3, 0.4) is 0 Å². The van der Waals surface area contributed by atoms with Gasteiger partial charge in [0.1, 0.15) is 5.70 Å². The summed E-state index contributed by atoms with van der Waals surface area (Å²) in [5, 5.41) is 11.1. The van der Waals surface area contributed by atoms with Crippen molar-refractivity contribution in [3.8, 4) is 0 Å². The number of benzene rings is 2. The molecule has 2 aromatic carbocycles. The number of carbonyl (C=O) groups is 2. The number of anilines is 1. The number of imide groups is 1. The van der Waals surface area contributed by atoms with Gasteiger partial charge in [-0.1, -0.05) is 19.1 Å². The fourth-order valence-electron chi connectivity index (χ4n) is 4.25. The van der Waals surface area contributed by atoms with Crippen LogP contribution < -0.4 is 4.90 Å². The summed E-state index contributed by atoms with van der Waals surface area (Å²) in [6, 6.07) is 11.4. The maximum Gasteiger partial charge on any atom is 0.282 e. The minimum atomic E-state index is -0.477. The zero-order chi connectivity index (χ0) is 22.3. The second kappa shape index (κ2) is 7.98. The maximum atomic E-state index is 13.6. The molecule has 2 heterocycles. The number of nitro benzene ring substituents is 1. The Labute approximate surface area is 181 Å². The van der Waals surface area contributed by atoms with Crippen molar-refractivity contribution in [3.05, 3.63) is 75.0 Å². The topological polar surface area (TPSA) is 83.8 Å². The van der Waals surface area contributed by atoms with Crippen LogP contribution in [0.2, 0.25) is 0 Å². The zero-order valence-corrected chi connectivity index (χ0v) is 17.9. The average Bonchev–Trinajstić information content (AvgIpc) is 3.01. The predicted molar refractivity (Wildman–Crippen MR) is 118 cm³/mol. The molecule has 0 bridgehead atoms. The van der Waals surface area contributed by atoms with Crippen LogP contribution >= 0.6 is 0 Å². The van der Waals surface area contributed by atoms with Gasteiger partial charge in [0, 0.05) is 25.2 Å². The number of hydrogen-bond donors (Lipinski definition) is 0. The third kappa shape index (κ3) is 3.60. The van der Waals surface area contributed by atoms with Gasteiger partial charge in [0.2, 0.25) is 0 Å². The molecular weight excluding hydrogens is 394 g/mol. The first-order chi connectivity index (χ1) is 14.8. The smallest absolute Gasteiger partial charge is 0.282 e. The first-order valence-corrected chi connectivity index (χ1v) is 10.5. The van der Waals surface area contributed by atoms with E-state index in [1.165, 1.54) is 17.0 Å². The average molecular weight is 419 g/mol. The number of aryl methyl sites for hydroxylation is 1. The quantitative estimate of drug-likeness (QED) is 0.421. The van der Waals surface area contributed by atoms with Crippen molar-refractivity contribution >= 4 is 28.8 Å². The Morgan fingerprint density at radius 1 is 0.968 bits per heavy atom. The Balaban J connectivity index is 1.83. The number of carbonyl (C=O) groups excluding carboxylic acids is 2. The largest absolute Gasteiger partial charge is 0.366 e. The van der Waals surface area contributed by atoms with Crippen molar-refractivity contribution in [3.63, 3.8) is 0 Å². The van der Waals surface area contributed by atoms with E-state index in [1.807, 2.05) is 30.9 Å². The molecule has 0 unspecified atom stereocenters. The second-order valence-electron chi connectivity index (χ2n) is 8.36. The van der Waals surface area contributed by atoms with Gasteiger partial charge in [-0.15, -0.1) is 0 Å². The van der Waals surface area contributed by atoms with Gasteiger partial charge in [0.25, 0.3) is 17.5 Å². The van der Waals surface area contributed by atoms with E-state index in [2.05, 4.69) is 6.92 Å².